The predicted octanol–water partition coefficient (Wildman–Crippen LogP) is 4.22. The standard InChI is InChI=1S/C23H27N3OS/c27-21(17-5-2-10-24-15-17)7-3-11-25-13-9-20-19(16-25)18-6-1-8-22-23(18)26(20)12-4-14-28-22/h1-2,5-6,8,10,15,19-20H,3-4,7,9,11-14,16H2/t19-,20-/m0/s1. The molecule has 0 spiro atoms. The second kappa shape index (κ2) is 7.88. The first-order valence-corrected chi connectivity index (χ1v) is 11.5. The number of fused-ring (bicyclic) bond motifs is 3. The molecule has 0 unspecified atom stereocenters. The summed E-state index contributed by atoms with van der Waals surface area (Å²) in [7, 11) is 0. The van der Waals surface area contributed by atoms with E-state index in [2.05, 4.69) is 33.0 Å². The lowest BCUT2D eigenvalue weighted by atomic mass is 9.89. The van der Waals surface area contributed by atoms with Crippen molar-refractivity contribution in [3.63, 3.8) is 0 Å². The number of benzene rings is 1. The van der Waals surface area contributed by atoms with Crippen LogP contribution in [-0.2, 0) is 0 Å². The third-order valence-electron chi connectivity index (χ3n) is 6.44. The van der Waals surface area contributed by atoms with Gasteiger partial charge in [-0.25, -0.2) is 0 Å². The number of aromatic nitrogens is 1. The molecule has 4 heterocycles. The molecule has 3 aliphatic heterocycles. The molecule has 5 rings (SSSR count). The number of hydrogen-bond acceptors (Lipinski definition) is 5. The van der Waals surface area contributed by atoms with Gasteiger partial charge in [0, 0.05) is 60.9 Å². The molecule has 1 saturated heterocycles. The summed E-state index contributed by atoms with van der Waals surface area (Å²) in [5.74, 6) is 2.07. The summed E-state index contributed by atoms with van der Waals surface area (Å²) in [6.07, 6.45) is 7.45. The van der Waals surface area contributed by atoms with Crippen LogP contribution in [0.3, 0.4) is 0 Å². The van der Waals surface area contributed by atoms with E-state index in [1.807, 2.05) is 23.9 Å². The van der Waals surface area contributed by atoms with Crippen LogP contribution in [0.1, 0.15) is 47.5 Å². The Morgan fingerprint density at radius 1 is 1.21 bits per heavy atom. The lowest BCUT2D eigenvalue weighted by Crippen LogP contribution is -2.46. The summed E-state index contributed by atoms with van der Waals surface area (Å²) in [5, 5.41) is 0. The van der Waals surface area contributed by atoms with Crippen LogP contribution in [0.25, 0.3) is 0 Å². The van der Waals surface area contributed by atoms with Crippen molar-refractivity contribution in [2.75, 3.05) is 36.8 Å². The summed E-state index contributed by atoms with van der Waals surface area (Å²) in [5.41, 5.74) is 3.84. The molecule has 2 atom stereocenters. The van der Waals surface area contributed by atoms with Crippen LogP contribution in [-0.4, -0.2) is 53.6 Å². The van der Waals surface area contributed by atoms with E-state index >= 15 is 0 Å². The zero-order valence-electron chi connectivity index (χ0n) is 16.2. The quantitative estimate of drug-likeness (QED) is 0.711. The Hall–Kier alpha value is -1.85. The summed E-state index contributed by atoms with van der Waals surface area (Å²) in [4.78, 5) is 23.2. The number of anilines is 1. The summed E-state index contributed by atoms with van der Waals surface area (Å²) >= 11 is 2.03. The number of piperidine rings is 1. The normalized spacial score (nSPS) is 23.8. The van der Waals surface area contributed by atoms with Gasteiger partial charge in [-0.05, 0) is 55.3 Å². The fourth-order valence-corrected chi connectivity index (χ4v) is 6.19. The minimum Gasteiger partial charge on any atom is -0.367 e. The van der Waals surface area contributed by atoms with Gasteiger partial charge in [0.25, 0.3) is 0 Å². The number of carbonyl (C=O) groups excluding carboxylic acids is 1. The highest BCUT2D eigenvalue weighted by molar-refractivity contribution is 7.99. The van der Waals surface area contributed by atoms with Crippen LogP contribution in [0.5, 0.6) is 0 Å². The molecule has 0 radical (unpaired) electrons. The number of para-hydroxylation sites is 1. The van der Waals surface area contributed by atoms with Gasteiger partial charge in [-0.15, -0.1) is 11.8 Å². The number of Topliss-reactive ketones (excluding diaryl/α,β-unsaturated/α-hetero) is 1. The van der Waals surface area contributed by atoms with Gasteiger partial charge in [0.05, 0.1) is 5.69 Å². The molecule has 28 heavy (non-hydrogen) atoms. The van der Waals surface area contributed by atoms with Crippen molar-refractivity contribution in [2.24, 2.45) is 0 Å². The second-order valence-corrected chi connectivity index (χ2v) is 9.26. The number of hydrogen-bond donors (Lipinski definition) is 0. The molecule has 4 nitrogen and oxygen atoms in total. The third-order valence-corrected chi connectivity index (χ3v) is 7.57. The molecule has 0 bridgehead atoms. The van der Waals surface area contributed by atoms with Crippen molar-refractivity contribution in [1.29, 1.82) is 0 Å². The SMILES string of the molecule is O=C(CCCN1CC[C@H]2[C@@H](C1)c1cccc3c1N2CCCS3)c1cccnc1. The van der Waals surface area contributed by atoms with E-state index in [0.29, 0.717) is 18.4 Å². The molecule has 3 aliphatic rings. The van der Waals surface area contributed by atoms with Gasteiger partial charge in [-0.3, -0.25) is 9.78 Å². The van der Waals surface area contributed by atoms with Crippen LogP contribution in [0.4, 0.5) is 5.69 Å². The van der Waals surface area contributed by atoms with Crippen molar-refractivity contribution >= 4 is 23.2 Å². The minimum absolute atomic E-state index is 0.212. The lowest BCUT2D eigenvalue weighted by Gasteiger charge is -2.39. The van der Waals surface area contributed by atoms with Crippen LogP contribution >= 0.6 is 11.8 Å². The molecule has 5 heteroatoms. The Balaban J connectivity index is 1.23. The number of pyridine rings is 1. The Kier molecular flexibility index (Phi) is 5.12. The lowest BCUT2D eigenvalue weighted by molar-refractivity contribution is 0.0970. The maximum Gasteiger partial charge on any atom is 0.164 e. The van der Waals surface area contributed by atoms with Gasteiger partial charge < -0.3 is 9.80 Å². The number of rotatable bonds is 5. The number of thioether (sulfide) groups is 1. The molecule has 0 amide bonds. The maximum atomic E-state index is 12.3. The van der Waals surface area contributed by atoms with Crippen LogP contribution in [0.2, 0.25) is 0 Å². The summed E-state index contributed by atoms with van der Waals surface area (Å²) < 4.78 is 0. The van der Waals surface area contributed by atoms with E-state index in [1.54, 1.807) is 18.0 Å². The van der Waals surface area contributed by atoms with Gasteiger partial charge >= 0.3 is 0 Å². The number of ketones is 1. The second-order valence-electron chi connectivity index (χ2n) is 8.12. The van der Waals surface area contributed by atoms with Crippen molar-refractivity contribution in [1.82, 2.24) is 9.88 Å². The van der Waals surface area contributed by atoms with E-state index < -0.39 is 0 Å². The van der Waals surface area contributed by atoms with Gasteiger partial charge in [-0.1, -0.05) is 12.1 Å². The highest BCUT2D eigenvalue weighted by atomic mass is 32.2. The maximum absolute atomic E-state index is 12.3. The van der Waals surface area contributed by atoms with Crippen molar-refractivity contribution < 1.29 is 4.79 Å². The van der Waals surface area contributed by atoms with E-state index in [4.69, 9.17) is 0 Å². The van der Waals surface area contributed by atoms with Gasteiger partial charge in [0.1, 0.15) is 0 Å². The molecule has 2 aromatic rings. The molecule has 0 saturated carbocycles. The average Bonchev–Trinajstić information content (AvgIpc) is 2.90. The van der Waals surface area contributed by atoms with E-state index in [0.717, 1.165) is 31.6 Å². The molecule has 1 fully saturated rings. The third kappa shape index (κ3) is 3.35. The molecule has 0 N–H and O–H groups in total. The molecule has 1 aromatic heterocycles. The van der Waals surface area contributed by atoms with Crippen molar-refractivity contribution in [2.45, 2.75) is 42.5 Å². The van der Waals surface area contributed by atoms with E-state index in [9.17, 15) is 4.79 Å². The first-order chi connectivity index (χ1) is 13.8. The zero-order valence-corrected chi connectivity index (χ0v) is 17.0. The smallest absolute Gasteiger partial charge is 0.164 e. The fourth-order valence-electron chi connectivity index (χ4n) is 5.15. The monoisotopic (exact) mass is 393 g/mol. The fraction of sp³-hybridized carbons (Fsp3) is 0.478. The molecule has 1 aromatic carbocycles. The van der Waals surface area contributed by atoms with Crippen molar-refractivity contribution in [3.05, 3.63) is 53.9 Å². The van der Waals surface area contributed by atoms with Crippen LogP contribution in [0.15, 0.2) is 47.6 Å². The molecule has 146 valence electrons. The first-order valence-electron chi connectivity index (χ1n) is 10.5. The zero-order chi connectivity index (χ0) is 18.9. The Bertz CT molecular complexity index is 856. The van der Waals surface area contributed by atoms with E-state index in [1.165, 1.54) is 35.7 Å². The van der Waals surface area contributed by atoms with Gasteiger partial charge in [-0.2, -0.15) is 0 Å². The summed E-state index contributed by atoms with van der Waals surface area (Å²) in [6, 6.07) is 11.3. The highest BCUT2D eigenvalue weighted by Crippen LogP contribution is 2.50. The van der Waals surface area contributed by atoms with Crippen molar-refractivity contribution in [3.8, 4) is 0 Å². The van der Waals surface area contributed by atoms with E-state index in [-0.39, 0.29) is 5.78 Å². The topological polar surface area (TPSA) is 36.4 Å². The molecule has 0 aliphatic carbocycles. The average molecular weight is 394 g/mol. The Labute approximate surface area is 171 Å². The predicted molar refractivity (Wildman–Crippen MR) is 115 cm³/mol. The number of nitrogens with zero attached hydrogens (tertiary/aromatic N) is 3. The van der Waals surface area contributed by atoms with Crippen LogP contribution < -0.4 is 4.90 Å². The number of likely N-dealkylation sites (tertiary alicyclic amines) is 1. The Morgan fingerprint density at radius 2 is 2.18 bits per heavy atom. The largest absolute Gasteiger partial charge is 0.367 e. The molecular formula is C23H27N3OS. The minimum atomic E-state index is 0.212. The van der Waals surface area contributed by atoms with Crippen LogP contribution in [0, 0.1) is 0 Å². The Morgan fingerprint density at radius 3 is 3.07 bits per heavy atom. The highest BCUT2D eigenvalue weighted by Gasteiger charge is 2.43. The van der Waals surface area contributed by atoms with Gasteiger partial charge in [0.15, 0.2) is 5.78 Å². The molecular weight excluding hydrogens is 366 g/mol. The number of carbonyl (C=O) groups is 1. The first kappa shape index (κ1) is 18.2. The van der Waals surface area contributed by atoms with Gasteiger partial charge in [0.2, 0.25) is 0 Å². The summed E-state index contributed by atoms with van der Waals surface area (Å²) in [6.45, 7) is 4.50.